The third-order valence-electron chi connectivity index (χ3n) is 4.85. The summed E-state index contributed by atoms with van der Waals surface area (Å²) in [4.78, 5) is 24.6. The van der Waals surface area contributed by atoms with E-state index in [0.717, 1.165) is 16.7 Å². The quantitative estimate of drug-likeness (QED) is 0.305. The number of carbonyl (C=O) groups is 2. The van der Waals surface area contributed by atoms with Crippen molar-refractivity contribution in [2.24, 2.45) is 5.92 Å². The predicted octanol–water partition coefficient (Wildman–Crippen LogP) is 5.18. The summed E-state index contributed by atoms with van der Waals surface area (Å²) >= 11 is 0. The van der Waals surface area contributed by atoms with Crippen molar-refractivity contribution in [2.45, 2.75) is 19.9 Å². The standard InChI is InChI=1S/C27H27NO4/c1-19(2)27(30)32-23-16-14-20(18-24(23)31-3)15-17-25(29)28-26(21-10-6-4-7-11-21)22-12-8-5-9-13-22/h4-19,26H,1-3H3,(H,28,29)/b17-15+. The molecule has 0 atom stereocenters. The van der Waals surface area contributed by atoms with Gasteiger partial charge in [0.25, 0.3) is 0 Å². The van der Waals surface area contributed by atoms with Crippen LogP contribution in [0.25, 0.3) is 6.08 Å². The molecule has 1 amide bonds. The van der Waals surface area contributed by atoms with Crippen molar-refractivity contribution in [3.63, 3.8) is 0 Å². The van der Waals surface area contributed by atoms with Crippen molar-refractivity contribution < 1.29 is 19.1 Å². The minimum atomic E-state index is -0.334. The summed E-state index contributed by atoms with van der Waals surface area (Å²) in [7, 11) is 1.51. The van der Waals surface area contributed by atoms with Gasteiger partial charge < -0.3 is 14.8 Å². The lowest BCUT2D eigenvalue weighted by Gasteiger charge is -2.19. The summed E-state index contributed by atoms with van der Waals surface area (Å²) in [6.07, 6.45) is 3.17. The maximum Gasteiger partial charge on any atom is 0.313 e. The van der Waals surface area contributed by atoms with Crippen LogP contribution >= 0.6 is 0 Å². The molecular weight excluding hydrogens is 402 g/mol. The molecule has 0 fully saturated rings. The lowest BCUT2D eigenvalue weighted by atomic mass is 9.98. The first kappa shape index (κ1) is 22.8. The highest BCUT2D eigenvalue weighted by Crippen LogP contribution is 2.29. The Morgan fingerprint density at radius 2 is 1.44 bits per heavy atom. The average molecular weight is 430 g/mol. The van der Waals surface area contributed by atoms with Gasteiger partial charge in [-0.25, -0.2) is 0 Å². The highest BCUT2D eigenvalue weighted by Gasteiger charge is 2.16. The molecule has 0 radical (unpaired) electrons. The van der Waals surface area contributed by atoms with Gasteiger partial charge in [-0.2, -0.15) is 0 Å². The fraction of sp³-hybridized carbons (Fsp3) is 0.185. The predicted molar refractivity (Wildman–Crippen MR) is 125 cm³/mol. The molecule has 3 rings (SSSR count). The number of esters is 1. The second kappa shape index (κ2) is 11.0. The van der Waals surface area contributed by atoms with E-state index in [4.69, 9.17) is 9.47 Å². The summed E-state index contributed by atoms with van der Waals surface area (Å²) in [5.41, 5.74) is 2.74. The minimum Gasteiger partial charge on any atom is -0.493 e. The molecular formula is C27H27NO4. The molecule has 5 heteroatoms. The molecule has 0 unspecified atom stereocenters. The lowest BCUT2D eigenvalue weighted by Crippen LogP contribution is -2.27. The lowest BCUT2D eigenvalue weighted by molar-refractivity contribution is -0.137. The molecule has 164 valence electrons. The number of methoxy groups -OCH3 is 1. The van der Waals surface area contributed by atoms with Crippen LogP contribution in [-0.2, 0) is 9.59 Å². The maximum atomic E-state index is 12.7. The number of rotatable bonds is 8. The fourth-order valence-electron chi connectivity index (χ4n) is 3.11. The van der Waals surface area contributed by atoms with Crippen LogP contribution in [0.5, 0.6) is 11.5 Å². The Hall–Kier alpha value is -3.86. The zero-order valence-electron chi connectivity index (χ0n) is 18.4. The molecule has 0 aromatic heterocycles. The van der Waals surface area contributed by atoms with Crippen LogP contribution in [0, 0.1) is 5.92 Å². The Balaban J connectivity index is 1.75. The van der Waals surface area contributed by atoms with Crippen LogP contribution in [0.4, 0.5) is 0 Å². The average Bonchev–Trinajstić information content (AvgIpc) is 2.82. The number of ether oxygens (including phenoxy) is 2. The highest BCUT2D eigenvalue weighted by atomic mass is 16.6. The minimum absolute atomic E-state index is 0.225. The van der Waals surface area contributed by atoms with Gasteiger partial charge in [0.2, 0.25) is 5.91 Å². The number of carbonyl (C=O) groups excluding carboxylic acids is 2. The first-order chi connectivity index (χ1) is 15.5. The Morgan fingerprint density at radius 1 is 0.844 bits per heavy atom. The van der Waals surface area contributed by atoms with E-state index < -0.39 is 0 Å². The Morgan fingerprint density at radius 3 is 1.97 bits per heavy atom. The number of amides is 1. The van der Waals surface area contributed by atoms with E-state index in [9.17, 15) is 9.59 Å². The molecule has 32 heavy (non-hydrogen) atoms. The molecule has 0 saturated carbocycles. The number of hydrogen-bond donors (Lipinski definition) is 1. The highest BCUT2D eigenvalue weighted by molar-refractivity contribution is 5.92. The largest absolute Gasteiger partial charge is 0.493 e. The molecule has 1 N–H and O–H groups in total. The van der Waals surface area contributed by atoms with E-state index in [-0.39, 0.29) is 23.8 Å². The van der Waals surface area contributed by atoms with Gasteiger partial charge in [0.05, 0.1) is 19.1 Å². The van der Waals surface area contributed by atoms with Crippen molar-refractivity contribution in [1.82, 2.24) is 5.32 Å². The van der Waals surface area contributed by atoms with E-state index in [1.807, 2.05) is 60.7 Å². The fourth-order valence-corrected chi connectivity index (χ4v) is 3.11. The van der Waals surface area contributed by atoms with Gasteiger partial charge in [0, 0.05) is 6.08 Å². The van der Waals surface area contributed by atoms with Crippen molar-refractivity contribution in [3.8, 4) is 11.5 Å². The first-order valence-electron chi connectivity index (χ1n) is 10.5. The zero-order valence-corrected chi connectivity index (χ0v) is 18.4. The van der Waals surface area contributed by atoms with E-state index in [2.05, 4.69) is 5.32 Å². The number of nitrogens with one attached hydrogen (secondary N) is 1. The van der Waals surface area contributed by atoms with Crippen LogP contribution in [-0.4, -0.2) is 19.0 Å². The van der Waals surface area contributed by atoms with Gasteiger partial charge in [-0.3, -0.25) is 9.59 Å². The van der Waals surface area contributed by atoms with Crippen LogP contribution < -0.4 is 14.8 Å². The molecule has 0 aliphatic rings. The molecule has 0 bridgehead atoms. The third-order valence-corrected chi connectivity index (χ3v) is 4.85. The van der Waals surface area contributed by atoms with E-state index in [0.29, 0.717) is 11.5 Å². The van der Waals surface area contributed by atoms with Crippen molar-refractivity contribution in [3.05, 3.63) is 102 Å². The molecule has 0 aliphatic heterocycles. The van der Waals surface area contributed by atoms with Gasteiger partial charge in [-0.05, 0) is 34.9 Å². The summed E-state index contributed by atoms with van der Waals surface area (Å²) < 4.78 is 10.7. The smallest absolute Gasteiger partial charge is 0.313 e. The van der Waals surface area contributed by atoms with Crippen molar-refractivity contribution in [1.29, 1.82) is 0 Å². The topological polar surface area (TPSA) is 64.6 Å². The van der Waals surface area contributed by atoms with Gasteiger partial charge >= 0.3 is 5.97 Å². The molecule has 0 saturated heterocycles. The maximum absolute atomic E-state index is 12.7. The van der Waals surface area contributed by atoms with Crippen molar-refractivity contribution in [2.75, 3.05) is 7.11 Å². The Bertz CT molecular complexity index is 1040. The van der Waals surface area contributed by atoms with E-state index >= 15 is 0 Å². The van der Waals surface area contributed by atoms with E-state index in [1.165, 1.54) is 13.2 Å². The molecule has 0 aliphatic carbocycles. The van der Waals surface area contributed by atoms with Gasteiger partial charge in [0.1, 0.15) is 0 Å². The van der Waals surface area contributed by atoms with Crippen molar-refractivity contribution >= 4 is 18.0 Å². The normalized spacial score (nSPS) is 11.0. The van der Waals surface area contributed by atoms with Crippen LogP contribution in [0.2, 0.25) is 0 Å². The Kier molecular flexibility index (Phi) is 7.81. The monoisotopic (exact) mass is 429 g/mol. The van der Waals surface area contributed by atoms with Crippen LogP contribution in [0.15, 0.2) is 84.9 Å². The van der Waals surface area contributed by atoms with E-state index in [1.54, 1.807) is 38.1 Å². The van der Waals surface area contributed by atoms with Crippen LogP contribution in [0.1, 0.15) is 36.6 Å². The molecule has 3 aromatic rings. The van der Waals surface area contributed by atoms with Gasteiger partial charge in [-0.15, -0.1) is 0 Å². The number of hydrogen-bond acceptors (Lipinski definition) is 4. The molecule has 3 aromatic carbocycles. The second-order valence-electron chi connectivity index (χ2n) is 7.58. The second-order valence-corrected chi connectivity index (χ2v) is 7.58. The summed E-state index contributed by atoms with van der Waals surface area (Å²) in [5.74, 6) is -0.0324. The molecule has 0 spiro atoms. The van der Waals surface area contributed by atoms with Crippen LogP contribution in [0.3, 0.4) is 0 Å². The first-order valence-corrected chi connectivity index (χ1v) is 10.5. The zero-order chi connectivity index (χ0) is 22.9. The third kappa shape index (κ3) is 6.08. The molecule has 0 heterocycles. The summed E-state index contributed by atoms with van der Waals surface area (Å²) in [6.45, 7) is 3.53. The number of benzene rings is 3. The summed E-state index contributed by atoms with van der Waals surface area (Å²) in [6, 6.07) is 24.5. The molecule has 5 nitrogen and oxygen atoms in total. The SMILES string of the molecule is COc1cc(/C=C/C(=O)NC(c2ccccc2)c2ccccc2)ccc1OC(=O)C(C)C. The van der Waals surface area contributed by atoms with Gasteiger partial charge in [-0.1, -0.05) is 80.6 Å². The Labute approximate surface area is 188 Å². The van der Waals surface area contributed by atoms with Gasteiger partial charge in [0.15, 0.2) is 11.5 Å². The summed E-state index contributed by atoms with van der Waals surface area (Å²) in [5, 5.41) is 3.07.